The lowest BCUT2D eigenvalue weighted by Crippen LogP contribution is -2.41. The van der Waals surface area contributed by atoms with Gasteiger partial charge in [0, 0.05) is 62.0 Å². The molecule has 31 heavy (non-hydrogen) atoms. The van der Waals surface area contributed by atoms with Gasteiger partial charge in [-0.05, 0) is 23.8 Å². The van der Waals surface area contributed by atoms with Gasteiger partial charge in [0.25, 0.3) is 0 Å². The van der Waals surface area contributed by atoms with Crippen LogP contribution < -0.4 is 5.32 Å². The van der Waals surface area contributed by atoms with Crippen molar-refractivity contribution in [1.82, 2.24) is 25.0 Å². The first kappa shape index (κ1) is 21.0. The molecular formula is C24H27N5O2. The smallest absolute Gasteiger partial charge is 0.244 e. The number of aromatic nitrogens is 3. The standard InChI is InChI=1S/C24H27N5O2/c30-23(26-11-12-28-13-15-31-16-14-28)9-8-22-19-29(18-20-5-2-1-3-6-20)27-24(22)21-7-4-10-25-17-21/h1-10,17,19H,11-16,18H2,(H,26,30)/b9-8+. The van der Waals surface area contributed by atoms with Gasteiger partial charge in [-0.25, -0.2) is 0 Å². The SMILES string of the molecule is O=C(/C=C/c1cn(Cc2ccccc2)nc1-c1cccnc1)NCCN1CCOCC1. The van der Waals surface area contributed by atoms with Gasteiger partial charge in [0.05, 0.1) is 19.8 Å². The zero-order valence-electron chi connectivity index (χ0n) is 17.5. The third kappa shape index (κ3) is 6.10. The highest BCUT2D eigenvalue weighted by Crippen LogP contribution is 2.23. The van der Waals surface area contributed by atoms with Crippen molar-refractivity contribution >= 4 is 12.0 Å². The van der Waals surface area contributed by atoms with E-state index in [0.717, 1.165) is 49.7 Å². The molecule has 3 aromatic rings. The Morgan fingerprint density at radius 1 is 1.13 bits per heavy atom. The Hall–Kier alpha value is -3.29. The van der Waals surface area contributed by atoms with E-state index in [1.54, 1.807) is 18.5 Å². The summed E-state index contributed by atoms with van der Waals surface area (Å²) in [7, 11) is 0. The maximum absolute atomic E-state index is 12.3. The molecule has 0 atom stereocenters. The predicted molar refractivity (Wildman–Crippen MR) is 120 cm³/mol. The summed E-state index contributed by atoms with van der Waals surface area (Å²) in [5.41, 5.74) is 3.77. The van der Waals surface area contributed by atoms with Crippen LogP contribution in [0, 0.1) is 0 Å². The maximum Gasteiger partial charge on any atom is 0.244 e. The van der Waals surface area contributed by atoms with Crippen LogP contribution in [0.5, 0.6) is 0 Å². The molecule has 2 aromatic heterocycles. The van der Waals surface area contributed by atoms with E-state index in [9.17, 15) is 4.79 Å². The third-order valence-electron chi connectivity index (χ3n) is 5.16. The number of hydrogen-bond donors (Lipinski definition) is 1. The molecule has 1 aliphatic rings. The molecule has 0 aliphatic carbocycles. The van der Waals surface area contributed by atoms with E-state index in [2.05, 4.69) is 27.3 Å². The number of ether oxygens (including phenoxy) is 1. The lowest BCUT2D eigenvalue weighted by molar-refractivity contribution is -0.116. The van der Waals surface area contributed by atoms with Gasteiger partial charge in [-0.1, -0.05) is 30.3 Å². The van der Waals surface area contributed by atoms with Crippen LogP contribution in [0.2, 0.25) is 0 Å². The van der Waals surface area contributed by atoms with Crippen molar-refractivity contribution in [1.29, 1.82) is 0 Å². The Balaban J connectivity index is 1.43. The van der Waals surface area contributed by atoms with Crippen LogP contribution in [0.4, 0.5) is 0 Å². The quantitative estimate of drug-likeness (QED) is 0.570. The Bertz CT molecular complexity index is 995. The van der Waals surface area contributed by atoms with E-state index in [-0.39, 0.29) is 5.91 Å². The number of carbonyl (C=O) groups is 1. The Morgan fingerprint density at radius 2 is 1.97 bits per heavy atom. The number of nitrogens with one attached hydrogen (secondary N) is 1. The number of pyridine rings is 1. The summed E-state index contributed by atoms with van der Waals surface area (Å²) in [6.07, 6.45) is 8.88. The first-order chi connectivity index (χ1) is 15.3. The lowest BCUT2D eigenvalue weighted by Gasteiger charge is -2.26. The summed E-state index contributed by atoms with van der Waals surface area (Å²) >= 11 is 0. The number of benzene rings is 1. The number of amides is 1. The second kappa shape index (κ2) is 10.7. The van der Waals surface area contributed by atoms with Crippen molar-refractivity contribution in [3.8, 4) is 11.3 Å². The van der Waals surface area contributed by atoms with Gasteiger partial charge in [0.15, 0.2) is 0 Å². The van der Waals surface area contributed by atoms with Gasteiger partial charge in [-0.2, -0.15) is 5.10 Å². The Morgan fingerprint density at radius 3 is 2.74 bits per heavy atom. The lowest BCUT2D eigenvalue weighted by atomic mass is 10.1. The third-order valence-corrected chi connectivity index (χ3v) is 5.16. The van der Waals surface area contributed by atoms with Crippen LogP contribution in [0.25, 0.3) is 17.3 Å². The number of nitrogens with zero attached hydrogens (tertiary/aromatic N) is 4. The molecule has 0 spiro atoms. The summed E-state index contributed by atoms with van der Waals surface area (Å²) in [6.45, 7) is 5.47. The molecule has 1 saturated heterocycles. The average molecular weight is 418 g/mol. The van der Waals surface area contributed by atoms with Crippen LogP contribution >= 0.6 is 0 Å². The van der Waals surface area contributed by atoms with Crippen molar-refractivity contribution < 1.29 is 9.53 Å². The van der Waals surface area contributed by atoms with Crippen LogP contribution in [0.3, 0.4) is 0 Å². The topological polar surface area (TPSA) is 72.3 Å². The first-order valence-electron chi connectivity index (χ1n) is 10.6. The number of morpholine rings is 1. The number of carbonyl (C=O) groups excluding carboxylic acids is 1. The fourth-order valence-corrected chi connectivity index (χ4v) is 3.52. The van der Waals surface area contributed by atoms with E-state index >= 15 is 0 Å². The maximum atomic E-state index is 12.3. The highest BCUT2D eigenvalue weighted by molar-refractivity contribution is 5.92. The molecule has 1 aliphatic heterocycles. The molecule has 1 amide bonds. The van der Waals surface area contributed by atoms with Crippen molar-refractivity contribution in [2.45, 2.75) is 6.54 Å². The van der Waals surface area contributed by atoms with Crippen molar-refractivity contribution in [3.05, 3.63) is 78.3 Å². The van der Waals surface area contributed by atoms with E-state index in [1.807, 2.05) is 47.3 Å². The monoisotopic (exact) mass is 417 g/mol. The van der Waals surface area contributed by atoms with Gasteiger partial charge in [-0.15, -0.1) is 0 Å². The van der Waals surface area contributed by atoms with Crippen LogP contribution in [0.1, 0.15) is 11.1 Å². The second-order valence-corrected chi connectivity index (χ2v) is 7.44. The molecule has 0 bridgehead atoms. The van der Waals surface area contributed by atoms with Crippen molar-refractivity contribution in [2.24, 2.45) is 0 Å². The summed E-state index contributed by atoms with van der Waals surface area (Å²) in [4.78, 5) is 18.8. The van der Waals surface area contributed by atoms with Crippen molar-refractivity contribution in [2.75, 3.05) is 39.4 Å². The minimum Gasteiger partial charge on any atom is -0.379 e. The van der Waals surface area contributed by atoms with E-state index in [1.165, 1.54) is 5.56 Å². The fraction of sp³-hybridized carbons (Fsp3) is 0.292. The molecule has 1 fully saturated rings. The van der Waals surface area contributed by atoms with Gasteiger partial charge in [-0.3, -0.25) is 19.4 Å². The Labute approximate surface area is 182 Å². The zero-order chi connectivity index (χ0) is 21.3. The molecular weight excluding hydrogens is 390 g/mol. The van der Waals surface area contributed by atoms with Crippen LogP contribution in [0.15, 0.2) is 67.1 Å². The number of rotatable bonds is 8. The summed E-state index contributed by atoms with van der Waals surface area (Å²) in [5, 5.41) is 7.71. The van der Waals surface area contributed by atoms with Gasteiger partial charge in [0.1, 0.15) is 5.69 Å². The van der Waals surface area contributed by atoms with E-state index in [0.29, 0.717) is 13.1 Å². The normalized spacial score (nSPS) is 14.7. The molecule has 0 unspecified atom stereocenters. The molecule has 0 saturated carbocycles. The predicted octanol–water partition coefficient (Wildman–Crippen LogP) is 2.46. The molecule has 3 heterocycles. The van der Waals surface area contributed by atoms with Crippen LogP contribution in [-0.4, -0.2) is 65.0 Å². The van der Waals surface area contributed by atoms with Gasteiger partial charge < -0.3 is 10.1 Å². The summed E-state index contributed by atoms with van der Waals surface area (Å²) < 4.78 is 7.25. The second-order valence-electron chi connectivity index (χ2n) is 7.44. The summed E-state index contributed by atoms with van der Waals surface area (Å²) in [5.74, 6) is -0.110. The van der Waals surface area contributed by atoms with E-state index < -0.39 is 0 Å². The van der Waals surface area contributed by atoms with E-state index in [4.69, 9.17) is 9.84 Å². The molecule has 0 radical (unpaired) electrons. The van der Waals surface area contributed by atoms with Crippen LogP contribution in [-0.2, 0) is 16.1 Å². The molecule has 7 nitrogen and oxygen atoms in total. The number of hydrogen-bond acceptors (Lipinski definition) is 5. The van der Waals surface area contributed by atoms with Crippen molar-refractivity contribution in [3.63, 3.8) is 0 Å². The molecule has 4 rings (SSSR count). The average Bonchev–Trinajstić information content (AvgIpc) is 3.22. The van der Waals surface area contributed by atoms with Gasteiger partial charge in [0.2, 0.25) is 5.91 Å². The largest absolute Gasteiger partial charge is 0.379 e. The van der Waals surface area contributed by atoms with Gasteiger partial charge >= 0.3 is 0 Å². The molecule has 1 N–H and O–H groups in total. The first-order valence-corrected chi connectivity index (χ1v) is 10.6. The highest BCUT2D eigenvalue weighted by atomic mass is 16.5. The minimum absolute atomic E-state index is 0.110. The molecule has 7 heteroatoms. The highest BCUT2D eigenvalue weighted by Gasteiger charge is 2.11. The summed E-state index contributed by atoms with van der Waals surface area (Å²) in [6, 6.07) is 14.0. The minimum atomic E-state index is -0.110. The zero-order valence-corrected chi connectivity index (χ0v) is 17.5. The molecule has 1 aromatic carbocycles. The fourth-order valence-electron chi connectivity index (χ4n) is 3.52. The Kier molecular flexibility index (Phi) is 7.20. The molecule has 160 valence electrons.